The highest BCUT2D eigenvalue weighted by Gasteiger charge is 2.03. The van der Waals surface area contributed by atoms with Crippen LogP contribution in [-0.4, -0.2) is 18.5 Å². The molecule has 0 atom stereocenters. The minimum Gasteiger partial charge on any atom is -0.410 e. The van der Waals surface area contributed by atoms with Crippen LogP contribution in [0.5, 0.6) is 5.75 Å². The monoisotopic (exact) mass is 222 g/mol. The first-order chi connectivity index (χ1) is 7.61. The van der Waals surface area contributed by atoms with Gasteiger partial charge in [-0.1, -0.05) is 6.07 Å². The Morgan fingerprint density at radius 3 is 2.75 bits per heavy atom. The van der Waals surface area contributed by atoms with E-state index in [9.17, 15) is 9.59 Å². The van der Waals surface area contributed by atoms with E-state index in [0.29, 0.717) is 18.0 Å². The van der Waals surface area contributed by atoms with Crippen LogP contribution in [0.3, 0.4) is 0 Å². The molecule has 0 saturated heterocycles. The second kappa shape index (κ2) is 5.75. The summed E-state index contributed by atoms with van der Waals surface area (Å²) < 4.78 is 4.98. The first-order valence-electron chi connectivity index (χ1n) is 4.95. The number of ether oxygens (including phenoxy) is 1. The zero-order valence-corrected chi connectivity index (χ0v) is 9.24. The molecule has 0 radical (unpaired) electrons. The summed E-state index contributed by atoms with van der Waals surface area (Å²) in [7, 11) is 0. The molecule has 2 amide bonds. The van der Waals surface area contributed by atoms with E-state index >= 15 is 0 Å². The number of hydrogen-bond acceptors (Lipinski definition) is 3. The summed E-state index contributed by atoms with van der Waals surface area (Å²) in [5.74, 6) is 0.215. The van der Waals surface area contributed by atoms with Gasteiger partial charge >= 0.3 is 6.09 Å². The molecule has 5 heteroatoms. The summed E-state index contributed by atoms with van der Waals surface area (Å²) >= 11 is 0. The van der Waals surface area contributed by atoms with Gasteiger partial charge in [-0.2, -0.15) is 0 Å². The number of amides is 2. The van der Waals surface area contributed by atoms with Crippen LogP contribution in [0.1, 0.15) is 13.8 Å². The first kappa shape index (κ1) is 12.0. The van der Waals surface area contributed by atoms with Crippen LogP contribution >= 0.6 is 0 Å². The van der Waals surface area contributed by atoms with Gasteiger partial charge < -0.3 is 15.4 Å². The summed E-state index contributed by atoms with van der Waals surface area (Å²) in [6.45, 7) is 3.72. The molecule has 86 valence electrons. The topological polar surface area (TPSA) is 67.4 Å². The number of anilines is 1. The average molecular weight is 222 g/mol. The highest BCUT2D eigenvalue weighted by Crippen LogP contribution is 2.17. The number of carbonyl (C=O) groups is 2. The first-order valence-corrected chi connectivity index (χ1v) is 4.95. The second-order valence-corrected chi connectivity index (χ2v) is 3.13. The summed E-state index contributed by atoms with van der Waals surface area (Å²) in [5.41, 5.74) is 0.592. The zero-order chi connectivity index (χ0) is 12.0. The molecule has 1 aromatic rings. The molecule has 16 heavy (non-hydrogen) atoms. The molecule has 5 nitrogen and oxygen atoms in total. The van der Waals surface area contributed by atoms with Gasteiger partial charge in [0.2, 0.25) is 5.91 Å². The van der Waals surface area contributed by atoms with Gasteiger partial charge in [0.1, 0.15) is 5.75 Å². The molecule has 0 unspecified atom stereocenters. The minimum absolute atomic E-state index is 0.171. The fourth-order valence-electron chi connectivity index (χ4n) is 1.13. The summed E-state index contributed by atoms with van der Waals surface area (Å²) in [6.07, 6.45) is -0.512. The van der Waals surface area contributed by atoms with Crippen LogP contribution in [-0.2, 0) is 4.79 Å². The summed E-state index contributed by atoms with van der Waals surface area (Å²) in [6, 6.07) is 6.63. The highest BCUT2D eigenvalue weighted by molar-refractivity contribution is 5.88. The van der Waals surface area contributed by atoms with Crippen molar-refractivity contribution in [2.45, 2.75) is 13.8 Å². The van der Waals surface area contributed by atoms with Crippen LogP contribution in [0.4, 0.5) is 10.5 Å². The quantitative estimate of drug-likeness (QED) is 0.818. The highest BCUT2D eigenvalue weighted by atomic mass is 16.6. The molecular weight excluding hydrogens is 208 g/mol. The second-order valence-electron chi connectivity index (χ2n) is 3.13. The van der Waals surface area contributed by atoms with Crippen molar-refractivity contribution in [1.82, 2.24) is 5.32 Å². The van der Waals surface area contributed by atoms with Gasteiger partial charge in [-0.05, 0) is 19.1 Å². The van der Waals surface area contributed by atoms with Crippen molar-refractivity contribution in [2.75, 3.05) is 11.9 Å². The van der Waals surface area contributed by atoms with E-state index in [4.69, 9.17) is 4.74 Å². The van der Waals surface area contributed by atoms with E-state index < -0.39 is 6.09 Å². The Hall–Kier alpha value is -2.04. The molecule has 0 bridgehead atoms. The molecule has 0 fully saturated rings. The number of nitrogens with one attached hydrogen (secondary N) is 2. The van der Waals surface area contributed by atoms with Crippen LogP contribution in [0.25, 0.3) is 0 Å². The molecular formula is C11H14N2O3. The third kappa shape index (κ3) is 4.00. The van der Waals surface area contributed by atoms with Gasteiger partial charge in [0.25, 0.3) is 0 Å². The van der Waals surface area contributed by atoms with Gasteiger partial charge in [-0.3, -0.25) is 4.79 Å². The van der Waals surface area contributed by atoms with E-state index in [1.807, 2.05) is 0 Å². The summed E-state index contributed by atoms with van der Waals surface area (Å²) in [4.78, 5) is 21.9. The van der Waals surface area contributed by atoms with Crippen molar-refractivity contribution in [1.29, 1.82) is 0 Å². The Kier molecular flexibility index (Phi) is 4.32. The van der Waals surface area contributed by atoms with Crippen LogP contribution < -0.4 is 15.4 Å². The molecule has 0 aromatic heterocycles. The Balaban J connectivity index is 2.67. The van der Waals surface area contributed by atoms with Crippen LogP contribution in [0.2, 0.25) is 0 Å². The Bertz CT molecular complexity index is 391. The van der Waals surface area contributed by atoms with Crippen LogP contribution in [0, 0.1) is 0 Å². The predicted octanol–water partition coefficient (Wildman–Crippen LogP) is 1.75. The SMILES string of the molecule is CCNC(=O)Oc1cccc(NC(C)=O)c1. The number of benzene rings is 1. The average Bonchev–Trinajstić information content (AvgIpc) is 2.17. The third-order valence-electron chi connectivity index (χ3n) is 1.69. The maximum atomic E-state index is 11.1. The fraction of sp³-hybridized carbons (Fsp3) is 0.273. The summed E-state index contributed by atoms with van der Waals surface area (Å²) in [5, 5.41) is 5.11. The normalized spacial score (nSPS) is 9.38. The molecule has 0 aliphatic rings. The van der Waals surface area contributed by atoms with Crippen molar-refractivity contribution in [3.63, 3.8) is 0 Å². The number of hydrogen-bond donors (Lipinski definition) is 2. The van der Waals surface area contributed by atoms with Gasteiger partial charge in [0, 0.05) is 25.2 Å². The molecule has 0 heterocycles. The Morgan fingerprint density at radius 2 is 2.12 bits per heavy atom. The van der Waals surface area contributed by atoms with Gasteiger partial charge in [-0.25, -0.2) is 4.79 Å². The molecule has 0 aliphatic heterocycles. The van der Waals surface area contributed by atoms with E-state index in [1.54, 1.807) is 31.2 Å². The number of rotatable bonds is 3. The van der Waals surface area contributed by atoms with Crippen molar-refractivity contribution >= 4 is 17.7 Å². The van der Waals surface area contributed by atoms with Crippen molar-refractivity contribution in [3.05, 3.63) is 24.3 Å². The standard InChI is InChI=1S/C11H14N2O3/c1-3-12-11(15)16-10-6-4-5-9(7-10)13-8(2)14/h4-7H,3H2,1-2H3,(H,12,15)(H,13,14). The van der Waals surface area contributed by atoms with Gasteiger partial charge in [0.15, 0.2) is 0 Å². The molecule has 0 saturated carbocycles. The van der Waals surface area contributed by atoms with Gasteiger partial charge in [-0.15, -0.1) is 0 Å². The molecule has 0 spiro atoms. The van der Waals surface area contributed by atoms with Gasteiger partial charge in [0.05, 0.1) is 0 Å². The van der Waals surface area contributed by atoms with Crippen LogP contribution in [0.15, 0.2) is 24.3 Å². The van der Waals surface area contributed by atoms with E-state index in [2.05, 4.69) is 10.6 Å². The molecule has 2 N–H and O–H groups in total. The molecule has 0 aliphatic carbocycles. The smallest absolute Gasteiger partial charge is 0.410 e. The number of carbonyl (C=O) groups excluding carboxylic acids is 2. The zero-order valence-electron chi connectivity index (χ0n) is 9.24. The predicted molar refractivity (Wildman–Crippen MR) is 60.4 cm³/mol. The largest absolute Gasteiger partial charge is 0.412 e. The Morgan fingerprint density at radius 1 is 1.38 bits per heavy atom. The lowest BCUT2D eigenvalue weighted by atomic mass is 10.3. The maximum absolute atomic E-state index is 11.1. The lowest BCUT2D eigenvalue weighted by Crippen LogP contribution is -2.26. The molecule has 1 rings (SSSR count). The Labute approximate surface area is 93.8 Å². The van der Waals surface area contributed by atoms with E-state index in [1.165, 1.54) is 6.92 Å². The maximum Gasteiger partial charge on any atom is 0.412 e. The van der Waals surface area contributed by atoms with E-state index in [-0.39, 0.29) is 5.91 Å². The minimum atomic E-state index is -0.512. The lowest BCUT2D eigenvalue weighted by molar-refractivity contribution is -0.114. The third-order valence-corrected chi connectivity index (χ3v) is 1.69. The lowest BCUT2D eigenvalue weighted by Gasteiger charge is -2.06. The van der Waals surface area contributed by atoms with Crippen molar-refractivity contribution < 1.29 is 14.3 Å². The van der Waals surface area contributed by atoms with Crippen molar-refractivity contribution in [2.24, 2.45) is 0 Å². The molecule has 1 aromatic carbocycles. The van der Waals surface area contributed by atoms with E-state index in [0.717, 1.165) is 0 Å². The fourth-order valence-corrected chi connectivity index (χ4v) is 1.13. The van der Waals surface area contributed by atoms with Crippen molar-refractivity contribution in [3.8, 4) is 5.75 Å².